The summed E-state index contributed by atoms with van der Waals surface area (Å²) in [5.41, 5.74) is 0.623. The number of esters is 1. The fraction of sp³-hybridized carbons (Fsp3) is 0.421. The minimum absolute atomic E-state index is 0.0157. The fourth-order valence-electron chi connectivity index (χ4n) is 3.34. The summed E-state index contributed by atoms with van der Waals surface area (Å²) in [5, 5.41) is 0. The second kappa shape index (κ2) is 7.01. The van der Waals surface area contributed by atoms with Crippen LogP contribution in [0.1, 0.15) is 36.4 Å². The van der Waals surface area contributed by atoms with Crippen LogP contribution in [-0.4, -0.2) is 24.7 Å². The predicted molar refractivity (Wildman–Crippen MR) is 87.1 cm³/mol. The van der Waals surface area contributed by atoms with Crippen LogP contribution in [0.25, 0.3) is 0 Å². The average Bonchev–Trinajstić information content (AvgIpc) is 3.08. The van der Waals surface area contributed by atoms with Crippen molar-refractivity contribution in [2.45, 2.75) is 39.0 Å². The van der Waals surface area contributed by atoms with Gasteiger partial charge in [-0.15, -0.1) is 0 Å². The van der Waals surface area contributed by atoms with Gasteiger partial charge in [-0.05, 0) is 31.2 Å². The van der Waals surface area contributed by atoms with Gasteiger partial charge in [-0.25, -0.2) is 4.79 Å². The van der Waals surface area contributed by atoms with E-state index in [0.29, 0.717) is 17.5 Å². The van der Waals surface area contributed by atoms with E-state index in [1.807, 2.05) is 30.3 Å². The van der Waals surface area contributed by atoms with Gasteiger partial charge in [0.15, 0.2) is 5.76 Å². The van der Waals surface area contributed by atoms with Crippen molar-refractivity contribution in [2.75, 3.05) is 6.54 Å². The molecule has 4 nitrogen and oxygen atoms in total. The van der Waals surface area contributed by atoms with Crippen molar-refractivity contribution >= 4 is 5.97 Å². The summed E-state index contributed by atoms with van der Waals surface area (Å²) in [6, 6.07) is 13.6. The van der Waals surface area contributed by atoms with Gasteiger partial charge in [0, 0.05) is 12.3 Å². The van der Waals surface area contributed by atoms with Gasteiger partial charge < -0.3 is 14.1 Å². The number of carbonyl (C=O) groups is 1. The Morgan fingerprint density at radius 3 is 2.70 bits per heavy atom. The van der Waals surface area contributed by atoms with Crippen LogP contribution in [-0.2, 0) is 11.3 Å². The van der Waals surface area contributed by atoms with Crippen LogP contribution >= 0.6 is 0 Å². The highest BCUT2D eigenvalue weighted by Crippen LogP contribution is 2.19. The number of rotatable bonds is 4. The summed E-state index contributed by atoms with van der Waals surface area (Å²) in [5.74, 6) is 1.12. The molecular formula is C19H24NO3+. The molecule has 4 heteroatoms. The smallest absolute Gasteiger partial charge is 0.338 e. The minimum Gasteiger partial charge on any atom is -0.463 e. The van der Waals surface area contributed by atoms with Crippen molar-refractivity contribution in [1.29, 1.82) is 0 Å². The predicted octanol–water partition coefficient (Wildman–Crippen LogP) is 2.32. The number of hydrogen-bond donors (Lipinski definition) is 1. The zero-order valence-corrected chi connectivity index (χ0v) is 13.7. The highest BCUT2D eigenvalue weighted by molar-refractivity contribution is 5.89. The Morgan fingerprint density at radius 2 is 2.00 bits per heavy atom. The van der Waals surface area contributed by atoms with Crippen LogP contribution < -0.4 is 4.90 Å². The molecule has 122 valence electrons. The highest BCUT2D eigenvalue weighted by Gasteiger charge is 2.38. The van der Waals surface area contributed by atoms with E-state index in [1.165, 1.54) is 4.90 Å². The first-order chi connectivity index (χ1) is 11.1. The maximum absolute atomic E-state index is 12.3. The molecule has 1 aliphatic rings. The lowest BCUT2D eigenvalue weighted by molar-refractivity contribution is -0.947. The van der Waals surface area contributed by atoms with E-state index in [1.54, 1.807) is 18.4 Å². The molecule has 4 atom stereocenters. The number of likely N-dealkylation sites (tertiary alicyclic amines) is 1. The number of quaternary nitrogens is 1. The molecule has 2 aromatic rings. The lowest BCUT2D eigenvalue weighted by Crippen LogP contribution is -3.16. The van der Waals surface area contributed by atoms with E-state index in [9.17, 15) is 4.79 Å². The normalized spacial score (nSPS) is 27.6. The Kier molecular flexibility index (Phi) is 4.82. The molecule has 1 aliphatic heterocycles. The van der Waals surface area contributed by atoms with E-state index < -0.39 is 0 Å². The lowest BCUT2D eigenvalue weighted by Gasteiger charge is -2.39. The molecule has 0 amide bonds. The largest absolute Gasteiger partial charge is 0.463 e. The van der Waals surface area contributed by atoms with Gasteiger partial charge in [-0.2, -0.15) is 0 Å². The van der Waals surface area contributed by atoms with Gasteiger partial charge in [0.25, 0.3) is 0 Å². The Bertz CT molecular complexity index is 623. The summed E-state index contributed by atoms with van der Waals surface area (Å²) in [4.78, 5) is 13.7. The van der Waals surface area contributed by atoms with Gasteiger partial charge in [0.1, 0.15) is 12.6 Å². The van der Waals surface area contributed by atoms with Crippen molar-refractivity contribution in [3.8, 4) is 0 Å². The number of furan rings is 1. The molecule has 0 bridgehead atoms. The second-order valence-corrected chi connectivity index (χ2v) is 6.41. The first kappa shape index (κ1) is 15.8. The Balaban J connectivity index is 1.60. The Morgan fingerprint density at radius 1 is 1.22 bits per heavy atom. The molecule has 1 fully saturated rings. The molecule has 1 saturated heterocycles. The fourth-order valence-corrected chi connectivity index (χ4v) is 3.34. The maximum Gasteiger partial charge on any atom is 0.338 e. The standard InChI is InChI=1S/C19H23NO3/c1-14-15(2)20(13-17-9-6-12-22-17)11-10-18(14)23-19(21)16-7-4-3-5-8-16/h3-9,12,14-15,18H,10-11,13H2,1-2H3/p+1/t14-,15+,18+/m1/s1. The molecule has 1 unspecified atom stereocenters. The summed E-state index contributed by atoms with van der Waals surface area (Å²) < 4.78 is 11.2. The maximum atomic E-state index is 12.3. The van der Waals surface area contributed by atoms with Crippen molar-refractivity contribution in [2.24, 2.45) is 5.92 Å². The van der Waals surface area contributed by atoms with Gasteiger partial charge in [0.2, 0.25) is 0 Å². The minimum atomic E-state index is -0.218. The first-order valence-corrected chi connectivity index (χ1v) is 8.28. The summed E-state index contributed by atoms with van der Waals surface area (Å²) >= 11 is 0. The molecule has 1 N–H and O–H groups in total. The van der Waals surface area contributed by atoms with Gasteiger partial charge in [0.05, 0.1) is 24.4 Å². The Labute approximate surface area is 137 Å². The number of benzene rings is 1. The molecule has 0 spiro atoms. The van der Waals surface area contributed by atoms with E-state index in [0.717, 1.165) is 25.3 Å². The van der Waals surface area contributed by atoms with E-state index in [4.69, 9.17) is 9.15 Å². The second-order valence-electron chi connectivity index (χ2n) is 6.41. The highest BCUT2D eigenvalue weighted by atomic mass is 16.5. The van der Waals surface area contributed by atoms with Crippen molar-refractivity contribution < 1.29 is 18.8 Å². The van der Waals surface area contributed by atoms with Crippen molar-refractivity contribution in [1.82, 2.24) is 0 Å². The van der Waals surface area contributed by atoms with E-state index in [2.05, 4.69) is 13.8 Å². The first-order valence-electron chi connectivity index (χ1n) is 8.28. The van der Waals surface area contributed by atoms with Crippen LogP contribution in [0.2, 0.25) is 0 Å². The van der Waals surface area contributed by atoms with Crippen LogP contribution in [0, 0.1) is 5.92 Å². The molecule has 0 radical (unpaired) electrons. The topological polar surface area (TPSA) is 43.9 Å². The van der Waals surface area contributed by atoms with Crippen LogP contribution in [0.15, 0.2) is 53.1 Å². The summed E-state index contributed by atoms with van der Waals surface area (Å²) in [7, 11) is 0. The lowest BCUT2D eigenvalue weighted by atomic mass is 9.89. The number of nitrogens with one attached hydrogen (secondary N) is 1. The van der Waals surface area contributed by atoms with Crippen LogP contribution in [0.3, 0.4) is 0 Å². The molecule has 3 rings (SSSR count). The monoisotopic (exact) mass is 314 g/mol. The summed E-state index contributed by atoms with van der Waals surface area (Å²) in [6.45, 7) is 6.27. The molecule has 0 aliphatic carbocycles. The van der Waals surface area contributed by atoms with Gasteiger partial charge >= 0.3 is 5.97 Å². The van der Waals surface area contributed by atoms with E-state index in [-0.39, 0.29) is 12.1 Å². The summed E-state index contributed by atoms with van der Waals surface area (Å²) in [6.07, 6.45) is 2.59. The SMILES string of the molecule is C[C@H]1[C@@H](OC(=O)c2ccccc2)CC[NH+](Cc2ccco2)[C@H]1C. The number of hydrogen-bond acceptors (Lipinski definition) is 3. The molecule has 23 heavy (non-hydrogen) atoms. The quantitative estimate of drug-likeness (QED) is 0.881. The number of ether oxygens (including phenoxy) is 1. The third-order valence-corrected chi connectivity index (χ3v) is 5.02. The van der Waals surface area contributed by atoms with E-state index >= 15 is 0 Å². The van der Waals surface area contributed by atoms with Crippen molar-refractivity contribution in [3.05, 3.63) is 60.1 Å². The average molecular weight is 314 g/mol. The molecular weight excluding hydrogens is 290 g/mol. The molecule has 2 heterocycles. The van der Waals surface area contributed by atoms with Crippen LogP contribution in [0.4, 0.5) is 0 Å². The van der Waals surface area contributed by atoms with Gasteiger partial charge in [-0.3, -0.25) is 0 Å². The number of carbonyl (C=O) groups excluding carboxylic acids is 1. The molecule has 0 saturated carbocycles. The molecule has 1 aromatic carbocycles. The third kappa shape index (κ3) is 3.64. The number of piperidine rings is 1. The third-order valence-electron chi connectivity index (χ3n) is 5.02. The van der Waals surface area contributed by atoms with Crippen molar-refractivity contribution in [3.63, 3.8) is 0 Å². The zero-order valence-electron chi connectivity index (χ0n) is 13.7. The molecule has 1 aromatic heterocycles. The Hall–Kier alpha value is -2.07. The zero-order chi connectivity index (χ0) is 16.2. The van der Waals surface area contributed by atoms with Gasteiger partial charge in [-0.1, -0.05) is 25.1 Å². The van der Waals surface area contributed by atoms with Crippen LogP contribution in [0.5, 0.6) is 0 Å².